The van der Waals surface area contributed by atoms with E-state index in [-0.39, 0.29) is 0 Å². The second kappa shape index (κ2) is 10.2. The fourth-order valence-corrected chi connectivity index (χ4v) is 8.99. The molecular formula is C39H27N2OP. The monoisotopic (exact) mass is 570 g/mol. The molecule has 0 aliphatic carbocycles. The summed E-state index contributed by atoms with van der Waals surface area (Å²) in [6, 6.07) is 55.3. The van der Waals surface area contributed by atoms with Crippen molar-refractivity contribution in [3.8, 4) is 17.1 Å². The molecule has 0 atom stereocenters. The van der Waals surface area contributed by atoms with Gasteiger partial charge in [-0.3, -0.25) is 4.57 Å². The summed E-state index contributed by atoms with van der Waals surface area (Å²) in [5.41, 5.74) is 3.96. The van der Waals surface area contributed by atoms with Crippen molar-refractivity contribution in [2.24, 2.45) is 0 Å². The van der Waals surface area contributed by atoms with Gasteiger partial charge in [0.25, 0.3) is 0 Å². The highest BCUT2D eigenvalue weighted by atomic mass is 31.2. The fraction of sp³-hybridized carbons (Fsp3) is 0. The van der Waals surface area contributed by atoms with Crippen molar-refractivity contribution < 1.29 is 4.57 Å². The van der Waals surface area contributed by atoms with E-state index in [4.69, 9.17) is 4.98 Å². The van der Waals surface area contributed by atoms with E-state index in [1.807, 2.05) is 78.9 Å². The molecule has 1 heterocycles. The lowest BCUT2D eigenvalue weighted by atomic mass is 10.00. The fourth-order valence-electron chi connectivity index (χ4n) is 6.29. The standard InChI is InChI=1S/C39H27N2OP/c42-43(30-18-6-2-7-19-30,31-20-8-3-9-21-31)32-22-14-15-28(27-32)39-40-37-35-25-12-10-23-33(35)34-24-11-13-26-36(34)38(37)41(39)29-16-4-1-5-17-29/h1-27H. The molecule has 43 heavy (non-hydrogen) atoms. The molecule has 0 aliphatic heterocycles. The van der Waals surface area contributed by atoms with E-state index in [9.17, 15) is 0 Å². The number of fused-ring (bicyclic) bond motifs is 6. The van der Waals surface area contributed by atoms with Crippen LogP contribution in [0.25, 0.3) is 49.7 Å². The first-order chi connectivity index (χ1) is 21.2. The molecule has 0 saturated heterocycles. The third-order valence-corrected chi connectivity index (χ3v) is 11.3. The quantitative estimate of drug-likeness (QED) is 0.153. The molecule has 0 spiro atoms. The number of para-hydroxylation sites is 1. The Bertz CT molecular complexity index is 2270. The van der Waals surface area contributed by atoms with Gasteiger partial charge in [-0.1, -0.05) is 146 Å². The predicted molar refractivity (Wildman–Crippen MR) is 181 cm³/mol. The van der Waals surface area contributed by atoms with Crippen molar-refractivity contribution in [1.29, 1.82) is 0 Å². The number of rotatable bonds is 5. The lowest BCUT2D eigenvalue weighted by Gasteiger charge is -2.20. The smallest absolute Gasteiger partial charge is 0.171 e. The Kier molecular flexibility index (Phi) is 6.06. The van der Waals surface area contributed by atoms with E-state index in [1.165, 1.54) is 10.8 Å². The Morgan fingerprint density at radius 3 is 1.58 bits per heavy atom. The molecule has 0 unspecified atom stereocenters. The Morgan fingerprint density at radius 2 is 0.953 bits per heavy atom. The number of benzene rings is 7. The molecule has 0 amide bonds. The minimum absolute atomic E-state index is 0.781. The van der Waals surface area contributed by atoms with Crippen LogP contribution in [0.15, 0.2) is 164 Å². The third-order valence-electron chi connectivity index (χ3n) is 8.25. The van der Waals surface area contributed by atoms with Gasteiger partial charge >= 0.3 is 0 Å². The van der Waals surface area contributed by atoms with E-state index < -0.39 is 7.14 Å². The van der Waals surface area contributed by atoms with E-state index in [0.29, 0.717) is 0 Å². The van der Waals surface area contributed by atoms with Crippen molar-refractivity contribution in [3.63, 3.8) is 0 Å². The van der Waals surface area contributed by atoms with Gasteiger partial charge < -0.3 is 4.57 Å². The Morgan fingerprint density at radius 1 is 0.465 bits per heavy atom. The van der Waals surface area contributed by atoms with Gasteiger partial charge in [-0.15, -0.1) is 0 Å². The van der Waals surface area contributed by atoms with E-state index in [0.717, 1.165) is 54.8 Å². The average molecular weight is 571 g/mol. The van der Waals surface area contributed by atoms with Crippen molar-refractivity contribution in [3.05, 3.63) is 164 Å². The largest absolute Gasteiger partial charge is 0.309 e. The molecule has 0 fully saturated rings. The molecule has 0 radical (unpaired) electrons. The minimum atomic E-state index is -3.16. The third kappa shape index (κ3) is 4.05. The number of imidazole rings is 1. The molecular weight excluding hydrogens is 543 g/mol. The van der Waals surface area contributed by atoms with Gasteiger partial charge in [0, 0.05) is 37.9 Å². The van der Waals surface area contributed by atoms with Crippen LogP contribution in [0, 0.1) is 0 Å². The molecule has 7 aromatic carbocycles. The first kappa shape index (κ1) is 25.5. The maximum atomic E-state index is 15.3. The summed E-state index contributed by atoms with van der Waals surface area (Å²) in [6.07, 6.45) is 0. The summed E-state index contributed by atoms with van der Waals surface area (Å²) in [4.78, 5) is 5.38. The highest BCUT2D eigenvalue weighted by molar-refractivity contribution is 7.85. The molecule has 8 rings (SSSR count). The number of hydrogen-bond acceptors (Lipinski definition) is 2. The van der Waals surface area contributed by atoms with Crippen LogP contribution >= 0.6 is 7.14 Å². The summed E-state index contributed by atoms with van der Waals surface area (Å²) in [7, 11) is -3.16. The molecule has 0 saturated carbocycles. The van der Waals surface area contributed by atoms with Crippen LogP contribution in [-0.2, 0) is 4.57 Å². The number of hydrogen-bond donors (Lipinski definition) is 0. The second-order valence-corrected chi connectivity index (χ2v) is 13.5. The van der Waals surface area contributed by atoms with Crippen LogP contribution < -0.4 is 15.9 Å². The maximum absolute atomic E-state index is 15.3. The van der Waals surface area contributed by atoms with E-state index in [1.54, 1.807) is 0 Å². The van der Waals surface area contributed by atoms with E-state index >= 15 is 4.57 Å². The lowest BCUT2D eigenvalue weighted by molar-refractivity contribution is 0.592. The number of nitrogens with zero attached hydrogens (tertiary/aromatic N) is 2. The molecule has 0 bridgehead atoms. The van der Waals surface area contributed by atoms with Crippen LogP contribution in [0.2, 0.25) is 0 Å². The van der Waals surface area contributed by atoms with Crippen molar-refractivity contribution in [1.82, 2.24) is 9.55 Å². The first-order valence-corrected chi connectivity index (χ1v) is 16.1. The molecule has 8 aromatic rings. The van der Waals surface area contributed by atoms with E-state index in [2.05, 4.69) is 89.5 Å². The molecule has 0 aliphatic rings. The maximum Gasteiger partial charge on any atom is 0.171 e. The normalized spacial score (nSPS) is 11.8. The molecule has 0 N–H and O–H groups in total. The lowest BCUT2D eigenvalue weighted by Crippen LogP contribution is -2.25. The first-order valence-electron chi connectivity index (χ1n) is 14.4. The van der Waals surface area contributed by atoms with Gasteiger partial charge in [0.15, 0.2) is 7.14 Å². The molecule has 4 heteroatoms. The summed E-state index contributed by atoms with van der Waals surface area (Å²) in [5.74, 6) is 0.817. The Balaban J connectivity index is 1.46. The van der Waals surface area contributed by atoms with Gasteiger partial charge in [0.2, 0.25) is 0 Å². The minimum Gasteiger partial charge on any atom is -0.309 e. The average Bonchev–Trinajstić information content (AvgIpc) is 3.51. The van der Waals surface area contributed by atoms with Crippen molar-refractivity contribution >= 4 is 55.6 Å². The molecule has 204 valence electrons. The Hall–Kier alpha value is -5.24. The van der Waals surface area contributed by atoms with Gasteiger partial charge in [-0.25, -0.2) is 4.98 Å². The highest BCUT2D eigenvalue weighted by Gasteiger charge is 2.30. The van der Waals surface area contributed by atoms with Crippen LogP contribution in [-0.4, -0.2) is 9.55 Å². The van der Waals surface area contributed by atoms with Crippen LogP contribution in [0.5, 0.6) is 0 Å². The SMILES string of the molecule is O=P(c1ccccc1)(c1ccccc1)c1cccc(-c2nc3c4ccccc4c4ccccc4c3n2-c2ccccc2)c1. The van der Waals surface area contributed by atoms with Gasteiger partial charge in [-0.05, 0) is 29.0 Å². The van der Waals surface area contributed by atoms with Crippen molar-refractivity contribution in [2.75, 3.05) is 0 Å². The molecule has 1 aromatic heterocycles. The van der Waals surface area contributed by atoms with Crippen LogP contribution in [0.3, 0.4) is 0 Å². The van der Waals surface area contributed by atoms with Gasteiger partial charge in [-0.2, -0.15) is 0 Å². The predicted octanol–water partition coefficient (Wildman–Crippen LogP) is 8.64. The topological polar surface area (TPSA) is 34.9 Å². The summed E-state index contributed by atoms with van der Waals surface area (Å²) in [6.45, 7) is 0. The summed E-state index contributed by atoms with van der Waals surface area (Å²) in [5, 5.41) is 7.04. The van der Waals surface area contributed by atoms with Crippen LogP contribution in [0.1, 0.15) is 0 Å². The molecule has 3 nitrogen and oxygen atoms in total. The zero-order valence-electron chi connectivity index (χ0n) is 23.3. The zero-order chi connectivity index (χ0) is 28.8. The number of aromatic nitrogens is 2. The van der Waals surface area contributed by atoms with Crippen LogP contribution in [0.4, 0.5) is 0 Å². The Labute approximate surface area is 250 Å². The summed E-state index contributed by atoms with van der Waals surface area (Å²) >= 11 is 0. The zero-order valence-corrected chi connectivity index (χ0v) is 24.2. The van der Waals surface area contributed by atoms with Crippen molar-refractivity contribution in [2.45, 2.75) is 0 Å². The second-order valence-electron chi connectivity index (χ2n) is 10.7. The highest BCUT2D eigenvalue weighted by Crippen LogP contribution is 2.44. The summed E-state index contributed by atoms with van der Waals surface area (Å²) < 4.78 is 17.5. The van der Waals surface area contributed by atoms with Gasteiger partial charge in [0.05, 0.1) is 11.0 Å². The van der Waals surface area contributed by atoms with Gasteiger partial charge in [0.1, 0.15) is 5.82 Å².